The molecule has 1 aromatic carbocycles. The fourth-order valence-corrected chi connectivity index (χ4v) is 1.91. The van der Waals surface area contributed by atoms with Gasteiger partial charge in [-0.25, -0.2) is 4.39 Å². The Morgan fingerprint density at radius 1 is 1.44 bits per heavy atom. The van der Waals surface area contributed by atoms with Crippen molar-refractivity contribution in [1.29, 1.82) is 0 Å². The molecule has 0 bridgehead atoms. The minimum Gasteiger partial charge on any atom is -0.338 e. The average Bonchev–Trinajstić information content (AvgIpc) is 2.37. The molecule has 3 nitrogen and oxygen atoms in total. The van der Waals surface area contributed by atoms with Crippen LogP contribution in [0.2, 0.25) is 0 Å². The summed E-state index contributed by atoms with van der Waals surface area (Å²) in [5, 5.41) is 0. The number of rotatable bonds is 5. The lowest BCUT2D eigenvalue weighted by atomic mass is 10.0. The van der Waals surface area contributed by atoms with Crippen LogP contribution < -0.4 is 5.73 Å². The highest BCUT2D eigenvalue weighted by atomic mass is 19.1. The maximum atomic E-state index is 13.6. The summed E-state index contributed by atoms with van der Waals surface area (Å²) in [4.78, 5) is 13.6. The molecule has 4 heteroatoms. The normalized spacial score (nSPS) is 14.1. The third kappa shape index (κ3) is 3.29. The zero-order valence-electron chi connectivity index (χ0n) is 11.2. The zero-order valence-corrected chi connectivity index (χ0v) is 11.2. The second kappa shape index (κ2) is 6.50. The molecule has 1 aromatic rings. The molecule has 0 radical (unpaired) electrons. The van der Waals surface area contributed by atoms with Gasteiger partial charge in [-0.05, 0) is 19.4 Å². The number of carbonyl (C=O) groups is 1. The Balaban J connectivity index is 2.81. The molecule has 0 aliphatic carbocycles. The van der Waals surface area contributed by atoms with Crippen molar-refractivity contribution in [3.05, 3.63) is 35.6 Å². The first-order valence-electron chi connectivity index (χ1n) is 6.25. The largest absolute Gasteiger partial charge is 0.338 e. The number of benzene rings is 1. The van der Waals surface area contributed by atoms with E-state index in [-0.39, 0.29) is 17.8 Å². The standard InChI is InChI=1S/C14H21FN2O/c1-4-7-13(16)14(18)17(3)10(2)11-8-5-6-9-12(11)15/h5-6,8-10,13H,4,7,16H2,1-3H3/t10?,13-/m1/s1. The molecule has 0 saturated carbocycles. The van der Waals surface area contributed by atoms with E-state index in [2.05, 4.69) is 0 Å². The smallest absolute Gasteiger partial charge is 0.239 e. The first-order chi connectivity index (χ1) is 8.49. The van der Waals surface area contributed by atoms with E-state index in [9.17, 15) is 9.18 Å². The van der Waals surface area contributed by atoms with Crippen molar-refractivity contribution < 1.29 is 9.18 Å². The lowest BCUT2D eigenvalue weighted by Gasteiger charge is -2.28. The molecule has 1 unspecified atom stereocenters. The maximum absolute atomic E-state index is 13.6. The van der Waals surface area contributed by atoms with Gasteiger partial charge in [-0.2, -0.15) is 0 Å². The van der Waals surface area contributed by atoms with Crippen LogP contribution in [0.3, 0.4) is 0 Å². The van der Waals surface area contributed by atoms with Crippen molar-refractivity contribution in [1.82, 2.24) is 4.90 Å². The highest BCUT2D eigenvalue weighted by Crippen LogP contribution is 2.22. The summed E-state index contributed by atoms with van der Waals surface area (Å²) in [7, 11) is 1.66. The van der Waals surface area contributed by atoms with Gasteiger partial charge in [0.15, 0.2) is 0 Å². The number of amides is 1. The predicted octanol–water partition coefficient (Wildman–Crippen LogP) is 2.47. The minimum absolute atomic E-state index is 0.146. The van der Waals surface area contributed by atoms with Crippen molar-refractivity contribution in [3.63, 3.8) is 0 Å². The maximum Gasteiger partial charge on any atom is 0.239 e. The Kier molecular flexibility index (Phi) is 5.28. The Labute approximate surface area is 108 Å². The number of nitrogens with two attached hydrogens (primary N) is 1. The second-order valence-electron chi connectivity index (χ2n) is 4.54. The number of hydrogen-bond donors (Lipinski definition) is 1. The van der Waals surface area contributed by atoms with E-state index in [0.29, 0.717) is 12.0 Å². The number of nitrogens with zero attached hydrogens (tertiary/aromatic N) is 1. The molecule has 100 valence electrons. The number of carbonyl (C=O) groups excluding carboxylic acids is 1. The molecule has 2 N–H and O–H groups in total. The van der Waals surface area contributed by atoms with Gasteiger partial charge >= 0.3 is 0 Å². The fourth-order valence-electron chi connectivity index (χ4n) is 1.91. The van der Waals surface area contributed by atoms with Gasteiger partial charge in [0.25, 0.3) is 0 Å². The number of halogens is 1. The SMILES string of the molecule is CCC[C@@H](N)C(=O)N(C)C(C)c1ccccc1F. The van der Waals surface area contributed by atoms with Crippen molar-refractivity contribution >= 4 is 5.91 Å². The Morgan fingerprint density at radius 3 is 2.61 bits per heavy atom. The van der Waals surface area contributed by atoms with Gasteiger partial charge in [0.05, 0.1) is 12.1 Å². The Bertz CT molecular complexity index is 409. The Hall–Kier alpha value is -1.42. The summed E-state index contributed by atoms with van der Waals surface area (Å²) in [6.07, 6.45) is 1.50. The lowest BCUT2D eigenvalue weighted by Crippen LogP contribution is -2.42. The third-order valence-electron chi connectivity index (χ3n) is 3.20. The van der Waals surface area contributed by atoms with Gasteiger partial charge in [-0.15, -0.1) is 0 Å². The quantitative estimate of drug-likeness (QED) is 0.875. The van der Waals surface area contributed by atoms with Gasteiger partial charge in [0, 0.05) is 12.6 Å². The van der Waals surface area contributed by atoms with Crippen LogP contribution in [0.4, 0.5) is 4.39 Å². The van der Waals surface area contributed by atoms with Gasteiger partial charge in [0.1, 0.15) is 5.82 Å². The van der Waals surface area contributed by atoms with Crippen molar-refractivity contribution in [2.24, 2.45) is 5.73 Å². The monoisotopic (exact) mass is 252 g/mol. The van der Waals surface area contributed by atoms with Gasteiger partial charge in [-0.3, -0.25) is 4.79 Å². The molecule has 0 spiro atoms. The minimum atomic E-state index is -0.505. The highest BCUT2D eigenvalue weighted by molar-refractivity contribution is 5.81. The molecular formula is C14H21FN2O. The third-order valence-corrected chi connectivity index (χ3v) is 3.20. The van der Waals surface area contributed by atoms with E-state index >= 15 is 0 Å². The van der Waals surface area contributed by atoms with Crippen LogP contribution in [0, 0.1) is 5.82 Å². The van der Waals surface area contributed by atoms with Crippen LogP contribution in [0.25, 0.3) is 0 Å². The van der Waals surface area contributed by atoms with Crippen LogP contribution in [0.15, 0.2) is 24.3 Å². The first kappa shape index (κ1) is 14.6. The van der Waals surface area contributed by atoms with E-state index in [1.165, 1.54) is 11.0 Å². The molecule has 2 atom stereocenters. The Morgan fingerprint density at radius 2 is 2.06 bits per heavy atom. The molecule has 0 saturated heterocycles. The van der Waals surface area contributed by atoms with Gasteiger partial charge in [-0.1, -0.05) is 31.5 Å². The van der Waals surface area contributed by atoms with Gasteiger partial charge < -0.3 is 10.6 Å². The zero-order chi connectivity index (χ0) is 13.7. The summed E-state index contributed by atoms with van der Waals surface area (Å²) in [5.41, 5.74) is 6.31. The molecule has 0 aromatic heterocycles. The summed E-state index contributed by atoms with van der Waals surface area (Å²) >= 11 is 0. The molecule has 1 amide bonds. The summed E-state index contributed by atoms with van der Waals surface area (Å²) in [6.45, 7) is 3.78. The second-order valence-corrected chi connectivity index (χ2v) is 4.54. The van der Waals surface area contributed by atoms with Crippen LogP contribution in [0.5, 0.6) is 0 Å². The number of hydrogen-bond acceptors (Lipinski definition) is 2. The molecule has 18 heavy (non-hydrogen) atoms. The fraction of sp³-hybridized carbons (Fsp3) is 0.500. The molecular weight excluding hydrogens is 231 g/mol. The molecule has 1 rings (SSSR count). The number of likely N-dealkylation sites (N-methyl/N-ethyl adjacent to an activating group) is 1. The van der Waals surface area contributed by atoms with E-state index in [0.717, 1.165) is 6.42 Å². The molecule has 0 fully saturated rings. The molecule has 0 aliphatic heterocycles. The van der Waals surface area contributed by atoms with Crippen LogP contribution >= 0.6 is 0 Å². The van der Waals surface area contributed by atoms with Crippen molar-refractivity contribution in [2.45, 2.75) is 38.8 Å². The molecule has 0 heterocycles. The van der Waals surface area contributed by atoms with Gasteiger partial charge in [0.2, 0.25) is 5.91 Å². The van der Waals surface area contributed by atoms with Crippen LogP contribution in [0.1, 0.15) is 38.3 Å². The lowest BCUT2D eigenvalue weighted by molar-refractivity contribution is -0.133. The van der Waals surface area contributed by atoms with E-state index in [1.807, 2.05) is 6.92 Å². The summed E-state index contributed by atoms with van der Waals surface area (Å²) < 4.78 is 13.6. The van der Waals surface area contributed by atoms with Crippen molar-refractivity contribution in [3.8, 4) is 0 Å². The van der Waals surface area contributed by atoms with Crippen LogP contribution in [-0.2, 0) is 4.79 Å². The first-order valence-corrected chi connectivity index (χ1v) is 6.25. The molecule has 0 aliphatic rings. The van der Waals surface area contributed by atoms with E-state index in [1.54, 1.807) is 32.2 Å². The van der Waals surface area contributed by atoms with E-state index < -0.39 is 6.04 Å². The van der Waals surface area contributed by atoms with Crippen molar-refractivity contribution in [2.75, 3.05) is 7.05 Å². The van der Waals surface area contributed by atoms with E-state index in [4.69, 9.17) is 5.73 Å². The average molecular weight is 252 g/mol. The predicted molar refractivity (Wildman–Crippen MR) is 70.5 cm³/mol. The summed E-state index contributed by atoms with van der Waals surface area (Å²) in [6, 6.07) is 5.66. The highest BCUT2D eigenvalue weighted by Gasteiger charge is 2.23. The summed E-state index contributed by atoms with van der Waals surface area (Å²) in [5.74, 6) is -0.443. The van der Waals surface area contributed by atoms with Crippen LogP contribution in [-0.4, -0.2) is 23.9 Å². The topological polar surface area (TPSA) is 46.3 Å².